The van der Waals surface area contributed by atoms with Crippen LogP contribution in [0.1, 0.15) is 22.8 Å². The van der Waals surface area contributed by atoms with Crippen LogP contribution in [-0.4, -0.2) is 21.6 Å². The van der Waals surface area contributed by atoms with E-state index in [9.17, 15) is 20.0 Å². The van der Waals surface area contributed by atoms with Crippen LogP contribution in [0.3, 0.4) is 0 Å². The number of nitrogens with one attached hydrogen (secondary N) is 1. The third-order valence-corrected chi connectivity index (χ3v) is 3.34. The van der Waals surface area contributed by atoms with E-state index in [1.54, 1.807) is 25.1 Å². The normalized spacial score (nSPS) is 11.1. The van der Waals surface area contributed by atoms with Crippen LogP contribution in [0.25, 0.3) is 0 Å². The Balaban J connectivity index is 2.20. The largest absolute Gasteiger partial charge is 0.507 e. The number of para-hydroxylation sites is 1. The Bertz CT molecular complexity index is 805. The highest BCUT2D eigenvalue weighted by atomic mass is 35.5. The highest BCUT2D eigenvalue weighted by Gasteiger charge is 2.16. The van der Waals surface area contributed by atoms with Crippen molar-refractivity contribution >= 4 is 28.9 Å². The Morgan fingerprint density at radius 1 is 1.30 bits per heavy atom. The molecule has 0 radical (unpaired) electrons. The Morgan fingerprint density at radius 2 is 2.00 bits per heavy atom. The van der Waals surface area contributed by atoms with Gasteiger partial charge in [0.05, 0.1) is 10.6 Å². The van der Waals surface area contributed by atoms with Gasteiger partial charge >= 0.3 is 0 Å². The first-order chi connectivity index (χ1) is 10.9. The van der Waals surface area contributed by atoms with Crippen LogP contribution in [0, 0.1) is 10.1 Å². The van der Waals surface area contributed by atoms with Crippen LogP contribution >= 0.6 is 11.6 Å². The zero-order valence-electron chi connectivity index (χ0n) is 12.0. The van der Waals surface area contributed by atoms with E-state index in [-0.39, 0.29) is 22.0 Å². The maximum Gasteiger partial charge on any atom is 0.288 e. The fourth-order valence-electron chi connectivity index (χ4n) is 1.83. The number of carbonyl (C=O) groups excluding carboxylic acids is 1. The number of benzene rings is 2. The number of nitro groups is 1. The fourth-order valence-corrected chi connectivity index (χ4v) is 2.02. The van der Waals surface area contributed by atoms with Gasteiger partial charge in [-0.15, -0.1) is 0 Å². The average molecular weight is 334 g/mol. The number of carbonyl (C=O) groups is 1. The lowest BCUT2D eigenvalue weighted by molar-refractivity contribution is -0.384. The monoisotopic (exact) mass is 333 g/mol. The summed E-state index contributed by atoms with van der Waals surface area (Å²) in [5, 5.41) is 24.4. The molecule has 0 saturated heterocycles. The van der Waals surface area contributed by atoms with Crippen LogP contribution in [0.5, 0.6) is 5.75 Å². The number of hydrazone groups is 1. The quantitative estimate of drug-likeness (QED) is 0.509. The lowest BCUT2D eigenvalue weighted by Crippen LogP contribution is -2.19. The van der Waals surface area contributed by atoms with E-state index in [0.717, 1.165) is 6.07 Å². The number of phenolic OH excluding ortho intramolecular Hbond substituents is 1. The van der Waals surface area contributed by atoms with Crippen molar-refractivity contribution in [1.29, 1.82) is 0 Å². The Hall–Kier alpha value is -2.93. The highest BCUT2D eigenvalue weighted by Crippen LogP contribution is 2.25. The fraction of sp³-hybridized carbons (Fsp3) is 0.0667. The van der Waals surface area contributed by atoms with Crippen molar-refractivity contribution < 1.29 is 14.8 Å². The van der Waals surface area contributed by atoms with E-state index >= 15 is 0 Å². The number of phenols is 1. The van der Waals surface area contributed by atoms with Gasteiger partial charge in [-0.1, -0.05) is 23.7 Å². The van der Waals surface area contributed by atoms with Gasteiger partial charge in [-0.3, -0.25) is 14.9 Å². The summed E-state index contributed by atoms with van der Waals surface area (Å²) >= 11 is 5.69. The summed E-state index contributed by atoms with van der Waals surface area (Å²) in [7, 11) is 0. The Morgan fingerprint density at radius 3 is 2.65 bits per heavy atom. The van der Waals surface area contributed by atoms with E-state index in [4.69, 9.17) is 11.6 Å². The Labute approximate surface area is 136 Å². The van der Waals surface area contributed by atoms with Crippen LogP contribution < -0.4 is 5.43 Å². The van der Waals surface area contributed by atoms with Crippen LogP contribution in [0.15, 0.2) is 47.6 Å². The van der Waals surface area contributed by atoms with Crippen molar-refractivity contribution in [3.05, 3.63) is 68.7 Å². The predicted octanol–water partition coefficient (Wildman–Crippen LogP) is 3.11. The first-order valence-electron chi connectivity index (χ1n) is 6.47. The Kier molecular flexibility index (Phi) is 4.92. The number of hydrogen-bond donors (Lipinski definition) is 2. The van der Waals surface area contributed by atoms with E-state index in [1.165, 1.54) is 18.2 Å². The molecule has 2 aromatic rings. The predicted molar refractivity (Wildman–Crippen MR) is 85.9 cm³/mol. The standard InChI is InChI=1S/C15H12ClN3O4/c1-9(11-4-2-3-5-14(11)20)17-18-15(21)10-6-7-12(16)13(8-10)19(22)23/h2-8,20H,1H3,(H,18,21)/b17-9+. The second-order valence-electron chi connectivity index (χ2n) is 4.58. The van der Waals surface area contributed by atoms with Gasteiger partial charge in [0.2, 0.25) is 0 Å². The van der Waals surface area contributed by atoms with Gasteiger partial charge in [0.25, 0.3) is 11.6 Å². The van der Waals surface area contributed by atoms with Crippen molar-refractivity contribution in [2.75, 3.05) is 0 Å². The minimum Gasteiger partial charge on any atom is -0.507 e. The molecule has 118 valence electrons. The van der Waals surface area contributed by atoms with E-state index in [2.05, 4.69) is 10.5 Å². The number of amides is 1. The molecule has 8 heteroatoms. The van der Waals surface area contributed by atoms with Gasteiger partial charge in [0.1, 0.15) is 10.8 Å². The van der Waals surface area contributed by atoms with E-state index < -0.39 is 10.8 Å². The van der Waals surface area contributed by atoms with Gasteiger partial charge in [0.15, 0.2) is 0 Å². The smallest absolute Gasteiger partial charge is 0.288 e. The lowest BCUT2D eigenvalue weighted by atomic mass is 10.1. The van der Waals surface area contributed by atoms with Crippen LogP contribution in [0.4, 0.5) is 5.69 Å². The van der Waals surface area contributed by atoms with Crippen molar-refractivity contribution in [3.63, 3.8) is 0 Å². The molecular weight excluding hydrogens is 322 g/mol. The van der Waals surface area contributed by atoms with Crippen LogP contribution in [0.2, 0.25) is 5.02 Å². The van der Waals surface area contributed by atoms with Gasteiger partial charge in [0, 0.05) is 17.2 Å². The van der Waals surface area contributed by atoms with Gasteiger partial charge < -0.3 is 5.11 Å². The molecule has 2 aromatic carbocycles. The molecule has 0 atom stereocenters. The first-order valence-corrected chi connectivity index (χ1v) is 6.85. The molecule has 23 heavy (non-hydrogen) atoms. The molecule has 0 aliphatic carbocycles. The number of rotatable bonds is 4. The molecule has 7 nitrogen and oxygen atoms in total. The van der Waals surface area contributed by atoms with Crippen molar-refractivity contribution in [2.45, 2.75) is 6.92 Å². The summed E-state index contributed by atoms with van der Waals surface area (Å²) in [6.45, 7) is 1.61. The number of aromatic hydroxyl groups is 1. The summed E-state index contributed by atoms with van der Waals surface area (Å²) in [5.41, 5.74) is 2.83. The average Bonchev–Trinajstić information content (AvgIpc) is 2.52. The molecule has 2 N–H and O–H groups in total. The second kappa shape index (κ2) is 6.89. The molecule has 0 aliphatic rings. The molecule has 0 bridgehead atoms. The highest BCUT2D eigenvalue weighted by molar-refractivity contribution is 6.32. The lowest BCUT2D eigenvalue weighted by Gasteiger charge is -2.05. The maximum atomic E-state index is 12.0. The first kappa shape index (κ1) is 16.4. The number of nitrogens with zero attached hydrogens (tertiary/aromatic N) is 2. The molecule has 1 amide bonds. The van der Waals surface area contributed by atoms with Crippen molar-refractivity contribution in [1.82, 2.24) is 5.43 Å². The summed E-state index contributed by atoms with van der Waals surface area (Å²) in [6, 6.07) is 10.2. The number of halogens is 1. The number of nitro benzene ring substituents is 1. The molecule has 0 heterocycles. The van der Waals surface area contributed by atoms with Crippen LogP contribution in [-0.2, 0) is 0 Å². The maximum absolute atomic E-state index is 12.0. The zero-order chi connectivity index (χ0) is 17.0. The molecule has 0 spiro atoms. The molecule has 0 aliphatic heterocycles. The minimum atomic E-state index is -0.671. The summed E-state index contributed by atoms with van der Waals surface area (Å²) in [6.07, 6.45) is 0. The molecule has 0 saturated carbocycles. The molecule has 0 aromatic heterocycles. The zero-order valence-corrected chi connectivity index (χ0v) is 12.7. The third-order valence-electron chi connectivity index (χ3n) is 3.02. The van der Waals surface area contributed by atoms with Gasteiger partial charge in [-0.25, -0.2) is 5.43 Å². The second-order valence-corrected chi connectivity index (χ2v) is 4.99. The van der Waals surface area contributed by atoms with E-state index in [0.29, 0.717) is 11.3 Å². The molecule has 2 rings (SSSR count). The SMILES string of the molecule is C/C(=N\NC(=O)c1ccc(Cl)c([N+](=O)[O-])c1)c1ccccc1O. The van der Waals surface area contributed by atoms with Gasteiger partial charge in [-0.05, 0) is 31.2 Å². The summed E-state index contributed by atoms with van der Waals surface area (Å²) in [4.78, 5) is 22.2. The summed E-state index contributed by atoms with van der Waals surface area (Å²) in [5.74, 6) is -0.593. The van der Waals surface area contributed by atoms with Gasteiger partial charge in [-0.2, -0.15) is 5.10 Å². The summed E-state index contributed by atoms with van der Waals surface area (Å²) < 4.78 is 0. The van der Waals surface area contributed by atoms with E-state index in [1.807, 2.05) is 0 Å². The van der Waals surface area contributed by atoms with Crippen molar-refractivity contribution in [2.24, 2.45) is 5.10 Å². The molecular formula is C15H12ClN3O4. The minimum absolute atomic E-state index is 0.0325. The third kappa shape index (κ3) is 3.83. The molecule has 0 fully saturated rings. The topological polar surface area (TPSA) is 105 Å². The molecule has 0 unspecified atom stereocenters. The van der Waals surface area contributed by atoms with Crippen molar-refractivity contribution in [3.8, 4) is 5.75 Å². The number of hydrogen-bond acceptors (Lipinski definition) is 5.